The number of hydrogen-bond acceptors (Lipinski definition) is 5. The van der Waals surface area contributed by atoms with Crippen molar-refractivity contribution in [3.05, 3.63) is 0 Å². The fraction of sp³-hybridized carbons (Fsp3) is 0.909. The van der Waals surface area contributed by atoms with Crippen LogP contribution in [0.2, 0.25) is 0 Å². The second kappa shape index (κ2) is 6.81. The lowest BCUT2D eigenvalue weighted by atomic mass is 10.3. The van der Waals surface area contributed by atoms with E-state index in [0.717, 1.165) is 0 Å². The Hall–Kier alpha value is -0.740. The molecule has 2 aliphatic rings. The van der Waals surface area contributed by atoms with Gasteiger partial charge in [0.2, 0.25) is 0 Å². The van der Waals surface area contributed by atoms with Crippen LogP contribution in [-0.4, -0.2) is 92.0 Å². The van der Waals surface area contributed by atoms with Crippen LogP contribution in [-0.2, 0) is 19.7 Å². The Morgan fingerprint density at radius 1 is 1.00 bits per heavy atom. The molecule has 2 rings (SSSR count). The van der Waals surface area contributed by atoms with Crippen molar-refractivity contribution in [1.29, 1.82) is 0 Å². The van der Waals surface area contributed by atoms with Gasteiger partial charge in [-0.1, -0.05) is 0 Å². The minimum Gasteiger partial charge on any atom is -0.481 e. The molecule has 0 aromatic rings. The molecular weight excluding hydrogens is 286 g/mol. The highest BCUT2D eigenvalue weighted by molar-refractivity contribution is 7.86. The first-order valence-corrected chi connectivity index (χ1v) is 8.17. The molecule has 1 N–H and O–H groups in total. The first-order valence-electron chi connectivity index (χ1n) is 6.77. The van der Waals surface area contributed by atoms with E-state index >= 15 is 0 Å². The monoisotopic (exact) mass is 307 g/mol. The van der Waals surface area contributed by atoms with Crippen LogP contribution >= 0.6 is 0 Å². The summed E-state index contributed by atoms with van der Waals surface area (Å²) in [6.07, 6.45) is 0.0935. The van der Waals surface area contributed by atoms with Crippen molar-refractivity contribution in [3.63, 3.8) is 0 Å². The van der Waals surface area contributed by atoms with Gasteiger partial charge in [0.1, 0.15) is 0 Å². The Bertz CT molecular complexity index is 427. The standard InChI is InChI=1S/C11H21N3O5S/c15-11(16)1-2-12-3-5-13(6-4-12)20(17,18)14-7-9-19-10-8-14/h1-10H2,(H,15,16). The number of carboxylic acid groups (broad SMARTS) is 1. The molecule has 0 aromatic carbocycles. The van der Waals surface area contributed by atoms with E-state index in [1.165, 1.54) is 8.61 Å². The van der Waals surface area contributed by atoms with Crippen molar-refractivity contribution in [2.45, 2.75) is 6.42 Å². The molecule has 9 heteroatoms. The Morgan fingerprint density at radius 2 is 1.55 bits per heavy atom. The Kier molecular flexibility index (Phi) is 5.33. The molecule has 116 valence electrons. The third kappa shape index (κ3) is 3.89. The minimum absolute atomic E-state index is 0.0935. The van der Waals surface area contributed by atoms with Crippen LogP contribution in [0.3, 0.4) is 0 Å². The molecule has 2 fully saturated rings. The third-order valence-corrected chi connectivity index (χ3v) is 5.63. The summed E-state index contributed by atoms with van der Waals surface area (Å²) in [5.74, 6) is -0.826. The minimum atomic E-state index is -3.40. The molecule has 0 amide bonds. The van der Waals surface area contributed by atoms with Crippen LogP contribution in [0.25, 0.3) is 0 Å². The van der Waals surface area contributed by atoms with E-state index in [1.54, 1.807) is 0 Å². The van der Waals surface area contributed by atoms with Gasteiger partial charge in [-0.2, -0.15) is 17.0 Å². The quantitative estimate of drug-likeness (QED) is 0.676. The molecule has 0 radical (unpaired) electrons. The topological polar surface area (TPSA) is 90.4 Å². The molecule has 2 saturated heterocycles. The summed E-state index contributed by atoms with van der Waals surface area (Å²) in [4.78, 5) is 12.5. The Morgan fingerprint density at radius 3 is 2.10 bits per heavy atom. The number of carbonyl (C=O) groups is 1. The molecule has 0 unspecified atom stereocenters. The number of aliphatic carboxylic acids is 1. The zero-order valence-electron chi connectivity index (χ0n) is 11.4. The van der Waals surface area contributed by atoms with E-state index < -0.39 is 16.2 Å². The van der Waals surface area contributed by atoms with Gasteiger partial charge in [-0.3, -0.25) is 4.79 Å². The van der Waals surface area contributed by atoms with Crippen LogP contribution in [0.4, 0.5) is 0 Å². The summed E-state index contributed by atoms with van der Waals surface area (Å²) in [5.41, 5.74) is 0. The predicted molar refractivity (Wildman–Crippen MR) is 71.6 cm³/mol. The number of ether oxygens (including phenoxy) is 1. The molecule has 2 heterocycles. The van der Waals surface area contributed by atoms with E-state index in [2.05, 4.69) is 0 Å². The summed E-state index contributed by atoms with van der Waals surface area (Å²) in [6, 6.07) is 0. The molecule has 2 aliphatic heterocycles. The van der Waals surface area contributed by atoms with E-state index in [4.69, 9.17) is 9.84 Å². The SMILES string of the molecule is O=C(O)CCN1CCN(S(=O)(=O)N2CCOCC2)CC1. The number of rotatable bonds is 5. The normalized spacial score (nSPS) is 23.8. The van der Waals surface area contributed by atoms with Crippen molar-refractivity contribution in [1.82, 2.24) is 13.5 Å². The predicted octanol–water partition coefficient (Wildman–Crippen LogP) is -1.34. The van der Waals surface area contributed by atoms with Gasteiger partial charge in [-0.05, 0) is 0 Å². The highest BCUT2D eigenvalue weighted by atomic mass is 32.2. The first kappa shape index (κ1) is 15.6. The van der Waals surface area contributed by atoms with Crippen LogP contribution < -0.4 is 0 Å². The van der Waals surface area contributed by atoms with Crippen LogP contribution in [0.1, 0.15) is 6.42 Å². The Labute approximate surface area is 119 Å². The molecule has 0 aliphatic carbocycles. The molecule has 0 saturated carbocycles. The molecule has 0 aromatic heterocycles. The fourth-order valence-electron chi connectivity index (χ4n) is 2.38. The second-order valence-electron chi connectivity index (χ2n) is 4.90. The molecule has 0 spiro atoms. The lowest BCUT2D eigenvalue weighted by Crippen LogP contribution is -2.55. The van der Waals surface area contributed by atoms with Gasteiger partial charge < -0.3 is 14.7 Å². The molecular formula is C11H21N3O5S. The summed E-state index contributed by atoms with van der Waals surface area (Å²) >= 11 is 0. The largest absolute Gasteiger partial charge is 0.481 e. The summed E-state index contributed by atoms with van der Waals surface area (Å²) in [7, 11) is -3.40. The van der Waals surface area contributed by atoms with Gasteiger partial charge in [-0.15, -0.1) is 0 Å². The maximum Gasteiger partial charge on any atom is 0.304 e. The van der Waals surface area contributed by atoms with Crippen LogP contribution in [0.15, 0.2) is 0 Å². The maximum absolute atomic E-state index is 12.4. The lowest BCUT2D eigenvalue weighted by molar-refractivity contribution is -0.137. The lowest BCUT2D eigenvalue weighted by Gasteiger charge is -2.37. The van der Waals surface area contributed by atoms with Crippen molar-refractivity contribution in [2.75, 3.05) is 59.0 Å². The van der Waals surface area contributed by atoms with Crippen molar-refractivity contribution >= 4 is 16.2 Å². The third-order valence-electron chi connectivity index (χ3n) is 3.60. The average Bonchev–Trinajstić information content (AvgIpc) is 2.46. The van der Waals surface area contributed by atoms with E-state index in [-0.39, 0.29) is 6.42 Å². The van der Waals surface area contributed by atoms with Gasteiger partial charge >= 0.3 is 5.97 Å². The Balaban J connectivity index is 1.84. The highest BCUT2D eigenvalue weighted by Gasteiger charge is 2.33. The van der Waals surface area contributed by atoms with Crippen molar-refractivity contribution in [2.24, 2.45) is 0 Å². The van der Waals surface area contributed by atoms with Gasteiger partial charge in [0.05, 0.1) is 19.6 Å². The number of hydrogen-bond donors (Lipinski definition) is 1. The zero-order valence-corrected chi connectivity index (χ0v) is 12.2. The molecule has 0 atom stereocenters. The molecule has 0 bridgehead atoms. The van der Waals surface area contributed by atoms with E-state index in [0.29, 0.717) is 59.0 Å². The fourth-order valence-corrected chi connectivity index (χ4v) is 3.94. The summed E-state index contributed by atoms with van der Waals surface area (Å²) < 4.78 is 32.9. The van der Waals surface area contributed by atoms with Crippen LogP contribution in [0.5, 0.6) is 0 Å². The summed E-state index contributed by atoms with van der Waals surface area (Å²) in [6.45, 7) is 4.16. The molecule has 8 nitrogen and oxygen atoms in total. The average molecular weight is 307 g/mol. The van der Waals surface area contributed by atoms with Crippen molar-refractivity contribution in [3.8, 4) is 0 Å². The maximum atomic E-state index is 12.4. The van der Waals surface area contributed by atoms with Gasteiger partial charge in [0.25, 0.3) is 10.2 Å². The van der Waals surface area contributed by atoms with Crippen LogP contribution in [0, 0.1) is 0 Å². The van der Waals surface area contributed by atoms with Gasteiger partial charge in [-0.25, -0.2) is 0 Å². The van der Waals surface area contributed by atoms with Gasteiger partial charge in [0, 0.05) is 45.8 Å². The second-order valence-corrected chi connectivity index (χ2v) is 6.83. The van der Waals surface area contributed by atoms with Crippen molar-refractivity contribution < 1.29 is 23.1 Å². The number of morpholine rings is 1. The summed E-state index contributed by atoms with van der Waals surface area (Å²) in [5, 5.41) is 8.64. The first-order chi connectivity index (χ1) is 9.50. The number of nitrogens with zero attached hydrogens (tertiary/aromatic N) is 3. The van der Waals surface area contributed by atoms with Gasteiger partial charge in [0.15, 0.2) is 0 Å². The van der Waals surface area contributed by atoms with E-state index in [9.17, 15) is 13.2 Å². The zero-order chi connectivity index (χ0) is 14.6. The molecule has 20 heavy (non-hydrogen) atoms. The smallest absolute Gasteiger partial charge is 0.304 e. The van der Waals surface area contributed by atoms with E-state index in [1.807, 2.05) is 4.90 Å². The highest BCUT2D eigenvalue weighted by Crippen LogP contribution is 2.14. The number of piperazine rings is 1. The number of carboxylic acids is 1.